The molecule has 0 fully saturated rings. The molecule has 2 aromatic rings. The van der Waals surface area contributed by atoms with Gasteiger partial charge in [0.25, 0.3) is 10.0 Å². The minimum atomic E-state index is -4.63. The predicted octanol–water partition coefficient (Wildman–Crippen LogP) is 3.81. The van der Waals surface area contributed by atoms with E-state index in [9.17, 15) is 26.4 Å². The summed E-state index contributed by atoms with van der Waals surface area (Å²) in [5, 5.41) is 0. The number of aryl methyl sites for hydroxylation is 3. The maximum atomic E-state index is 13.0. The molecule has 1 heterocycles. The third kappa shape index (κ3) is 3.69. The van der Waals surface area contributed by atoms with Crippen molar-refractivity contribution in [3.63, 3.8) is 0 Å². The summed E-state index contributed by atoms with van der Waals surface area (Å²) in [4.78, 5) is 11.4. The van der Waals surface area contributed by atoms with Crippen molar-refractivity contribution >= 4 is 21.7 Å². The van der Waals surface area contributed by atoms with Crippen LogP contribution in [-0.2, 0) is 20.9 Å². The number of carbonyl (C=O) groups is 1. The highest BCUT2D eigenvalue weighted by Gasteiger charge is 2.34. The number of hydrogen-bond donors (Lipinski definition) is 1. The van der Waals surface area contributed by atoms with Gasteiger partial charge in [0.15, 0.2) is 0 Å². The molecule has 0 atom stereocenters. The molecule has 0 spiro atoms. The number of anilines is 1. The van der Waals surface area contributed by atoms with Gasteiger partial charge in [-0.3, -0.25) is 4.72 Å². The minimum Gasteiger partial charge on any atom is -0.465 e. The monoisotopic (exact) mass is 391 g/mol. The van der Waals surface area contributed by atoms with Crippen molar-refractivity contribution in [1.82, 2.24) is 0 Å². The predicted molar refractivity (Wildman–Crippen MR) is 86.5 cm³/mol. The Morgan fingerprint density at radius 1 is 1.15 bits per heavy atom. The van der Waals surface area contributed by atoms with Gasteiger partial charge < -0.3 is 9.15 Å². The third-order valence-corrected chi connectivity index (χ3v) is 5.19. The number of hydrogen-bond acceptors (Lipinski definition) is 5. The Bertz CT molecular complexity index is 961. The van der Waals surface area contributed by atoms with Crippen molar-refractivity contribution in [1.29, 1.82) is 0 Å². The molecule has 26 heavy (non-hydrogen) atoms. The fraction of sp³-hybridized carbons (Fsp3) is 0.312. The van der Waals surface area contributed by atoms with E-state index < -0.39 is 32.6 Å². The van der Waals surface area contributed by atoms with Crippen LogP contribution in [0.2, 0.25) is 0 Å². The van der Waals surface area contributed by atoms with E-state index in [2.05, 4.69) is 9.46 Å². The molecule has 2 rings (SSSR count). The Morgan fingerprint density at radius 3 is 2.31 bits per heavy atom. The highest BCUT2D eigenvalue weighted by atomic mass is 32.2. The summed E-state index contributed by atoms with van der Waals surface area (Å²) in [6.45, 7) is 3.97. The Hall–Kier alpha value is -2.49. The number of benzene rings is 1. The zero-order valence-corrected chi connectivity index (χ0v) is 15.1. The van der Waals surface area contributed by atoms with Crippen LogP contribution in [0.15, 0.2) is 27.5 Å². The molecule has 10 heteroatoms. The largest absolute Gasteiger partial charge is 0.465 e. The number of esters is 1. The molecule has 0 aliphatic heterocycles. The maximum absolute atomic E-state index is 13.0. The zero-order valence-electron chi connectivity index (χ0n) is 14.3. The van der Waals surface area contributed by atoms with Crippen molar-refractivity contribution in [2.45, 2.75) is 31.8 Å². The lowest BCUT2D eigenvalue weighted by Gasteiger charge is -2.14. The van der Waals surface area contributed by atoms with E-state index in [1.54, 1.807) is 0 Å². The summed E-state index contributed by atoms with van der Waals surface area (Å²) in [6, 6.07) is 3.03. The van der Waals surface area contributed by atoms with E-state index >= 15 is 0 Å². The van der Waals surface area contributed by atoms with Gasteiger partial charge in [-0.2, -0.15) is 13.2 Å². The van der Waals surface area contributed by atoms with E-state index in [-0.39, 0.29) is 28.3 Å². The van der Waals surface area contributed by atoms with Crippen LogP contribution in [0.1, 0.15) is 33.0 Å². The second-order valence-electron chi connectivity index (χ2n) is 5.54. The maximum Gasteiger partial charge on any atom is 0.416 e. The number of furan rings is 1. The molecule has 0 unspecified atom stereocenters. The Morgan fingerprint density at radius 2 is 1.77 bits per heavy atom. The number of halogens is 3. The average Bonchev–Trinajstić information content (AvgIpc) is 2.82. The van der Waals surface area contributed by atoms with Gasteiger partial charge in [0, 0.05) is 5.69 Å². The number of ether oxygens (including phenoxy) is 1. The number of carbonyl (C=O) groups excluding carboxylic acids is 1. The first kappa shape index (κ1) is 19.8. The molecular formula is C16H16F3NO5S. The molecule has 1 aromatic carbocycles. The van der Waals surface area contributed by atoms with Gasteiger partial charge in [-0.25, -0.2) is 13.2 Å². The van der Waals surface area contributed by atoms with Crippen LogP contribution in [0.25, 0.3) is 0 Å². The molecule has 6 nitrogen and oxygen atoms in total. The summed E-state index contributed by atoms with van der Waals surface area (Å²) >= 11 is 0. The number of nitrogens with one attached hydrogen (secondary N) is 1. The summed E-state index contributed by atoms with van der Waals surface area (Å²) < 4.78 is 76.2. The summed E-state index contributed by atoms with van der Waals surface area (Å²) in [5.74, 6) is -0.993. The quantitative estimate of drug-likeness (QED) is 0.801. The van der Waals surface area contributed by atoms with Gasteiger partial charge in [0.2, 0.25) is 0 Å². The summed E-state index contributed by atoms with van der Waals surface area (Å²) in [7, 11) is -3.32. The Labute approximate surface area is 148 Å². The Balaban J connectivity index is 2.54. The summed E-state index contributed by atoms with van der Waals surface area (Å²) in [6.07, 6.45) is -4.63. The van der Waals surface area contributed by atoms with Crippen LogP contribution in [0.3, 0.4) is 0 Å². The first-order valence-corrected chi connectivity index (χ1v) is 8.75. The first-order chi connectivity index (χ1) is 11.9. The van der Waals surface area contributed by atoms with E-state index in [0.29, 0.717) is 6.07 Å². The van der Waals surface area contributed by atoms with Crippen molar-refractivity contribution in [3.8, 4) is 0 Å². The van der Waals surface area contributed by atoms with Gasteiger partial charge in [0.05, 0.1) is 12.7 Å². The van der Waals surface area contributed by atoms with Crippen molar-refractivity contribution < 1.29 is 35.5 Å². The van der Waals surface area contributed by atoms with Crippen LogP contribution in [-0.4, -0.2) is 21.5 Å². The lowest BCUT2D eigenvalue weighted by molar-refractivity contribution is -0.138. The van der Waals surface area contributed by atoms with Crippen LogP contribution < -0.4 is 4.72 Å². The van der Waals surface area contributed by atoms with Crippen molar-refractivity contribution in [3.05, 3.63) is 46.4 Å². The molecular weight excluding hydrogens is 375 g/mol. The van der Waals surface area contributed by atoms with Gasteiger partial charge in [-0.05, 0) is 38.5 Å². The van der Waals surface area contributed by atoms with E-state index in [4.69, 9.17) is 4.42 Å². The van der Waals surface area contributed by atoms with Gasteiger partial charge >= 0.3 is 12.1 Å². The van der Waals surface area contributed by atoms with Crippen LogP contribution in [0.5, 0.6) is 0 Å². The number of alkyl halides is 3. The SMILES string of the molecule is COC(=O)c1c(C)oc(C)c1S(=O)(=O)Nc1ccc(C)c(C(F)(F)F)c1. The molecule has 0 bridgehead atoms. The standard InChI is InChI=1S/C16H16F3NO5S/c1-8-5-6-11(7-12(8)16(17,18)19)20-26(22,23)14-10(3)25-9(2)13(14)15(21)24-4/h5-7,20H,1-4H3. The number of rotatable bonds is 4. The smallest absolute Gasteiger partial charge is 0.416 e. The Kier molecular flexibility index (Phi) is 5.09. The molecule has 0 saturated carbocycles. The topological polar surface area (TPSA) is 85.6 Å². The van der Waals surface area contributed by atoms with Crippen molar-refractivity contribution in [2.24, 2.45) is 0 Å². The zero-order chi connectivity index (χ0) is 19.9. The molecule has 1 N–H and O–H groups in total. The summed E-state index contributed by atoms with van der Waals surface area (Å²) in [5.41, 5.74) is -1.62. The second kappa shape index (κ2) is 6.67. The van der Waals surface area contributed by atoms with Crippen LogP contribution >= 0.6 is 0 Å². The first-order valence-electron chi connectivity index (χ1n) is 7.27. The van der Waals surface area contributed by atoms with Gasteiger partial charge in [-0.1, -0.05) is 6.07 Å². The molecule has 0 saturated heterocycles. The van der Waals surface area contributed by atoms with Crippen molar-refractivity contribution in [2.75, 3.05) is 11.8 Å². The lowest BCUT2D eigenvalue weighted by Crippen LogP contribution is -2.18. The molecule has 0 amide bonds. The van der Waals surface area contributed by atoms with E-state index in [0.717, 1.165) is 13.2 Å². The van der Waals surface area contributed by atoms with Crippen LogP contribution in [0.4, 0.5) is 18.9 Å². The number of sulfonamides is 1. The molecule has 1 aromatic heterocycles. The lowest BCUT2D eigenvalue weighted by atomic mass is 10.1. The molecule has 142 valence electrons. The number of methoxy groups -OCH3 is 1. The molecule has 0 radical (unpaired) electrons. The average molecular weight is 391 g/mol. The highest BCUT2D eigenvalue weighted by molar-refractivity contribution is 7.92. The third-order valence-electron chi connectivity index (χ3n) is 3.66. The molecule has 0 aliphatic carbocycles. The fourth-order valence-corrected chi connectivity index (χ4v) is 3.98. The van der Waals surface area contributed by atoms with Gasteiger partial charge in [0.1, 0.15) is 22.0 Å². The van der Waals surface area contributed by atoms with E-state index in [1.165, 1.54) is 26.8 Å². The fourth-order valence-electron chi connectivity index (χ4n) is 2.52. The molecule has 0 aliphatic rings. The normalized spacial score (nSPS) is 12.1. The highest BCUT2D eigenvalue weighted by Crippen LogP contribution is 2.35. The van der Waals surface area contributed by atoms with Crippen LogP contribution in [0, 0.1) is 20.8 Å². The van der Waals surface area contributed by atoms with Gasteiger partial charge in [-0.15, -0.1) is 0 Å². The van der Waals surface area contributed by atoms with E-state index in [1.807, 2.05) is 0 Å². The minimum absolute atomic E-state index is 0.0228. The second-order valence-corrected chi connectivity index (χ2v) is 7.16.